The van der Waals surface area contributed by atoms with Gasteiger partial charge in [0.25, 0.3) is 0 Å². The third-order valence-corrected chi connectivity index (χ3v) is 4.56. The van der Waals surface area contributed by atoms with Crippen molar-refractivity contribution in [2.45, 2.75) is 40.0 Å². The summed E-state index contributed by atoms with van der Waals surface area (Å²) in [5.74, 6) is 0.132. The van der Waals surface area contributed by atoms with Crippen molar-refractivity contribution in [3.8, 4) is 0 Å². The molecule has 0 atom stereocenters. The zero-order chi connectivity index (χ0) is 14.2. The van der Waals surface area contributed by atoms with Crippen LogP contribution in [0.15, 0.2) is 30.3 Å². The monoisotopic (exact) mass is 272 g/mol. The summed E-state index contributed by atoms with van der Waals surface area (Å²) in [6.45, 7) is 10.6. The molecule has 1 aromatic heterocycles. The van der Waals surface area contributed by atoms with Gasteiger partial charge in [-0.05, 0) is 43.5 Å². The van der Waals surface area contributed by atoms with Crippen molar-refractivity contribution in [2.24, 2.45) is 0 Å². The van der Waals surface area contributed by atoms with Crippen LogP contribution in [0.2, 0.25) is 0 Å². The van der Waals surface area contributed by atoms with Crippen LogP contribution < -0.4 is 0 Å². The molecule has 0 saturated heterocycles. The normalized spacial score (nSPS) is 11.6. The summed E-state index contributed by atoms with van der Waals surface area (Å²) in [4.78, 5) is 14.6. The van der Waals surface area contributed by atoms with Gasteiger partial charge in [0.1, 0.15) is 0 Å². The van der Waals surface area contributed by atoms with Gasteiger partial charge in [-0.2, -0.15) is 0 Å². The third-order valence-electron chi connectivity index (χ3n) is 3.05. The first-order valence-corrected chi connectivity index (χ1v) is 7.32. The zero-order valence-electron chi connectivity index (χ0n) is 12.2. The van der Waals surface area contributed by atoms with Crippen LogP contribution in [-0.2, 0) is 5.41 Å². The number of hydrogen-bond donors (Lipinski definition) is 0. The smallest absolute Gasteiger partial charge is 0.202 e. The van der Waals surface area contributed by atoms with Gasteiger partial charge in [0.05, 0.1) is 4.88 Å². The standard InChI is InChI=1S/C17H20OS/c1-11-8-12(2)10-13(9-11)16(18)14-6-7-15(19-14)17(3,4)5/h6-10H,1-5H3. The number of rotatable bonds is 2. The molecule has 1 nitrogen and oxygen atoms in total. The van der Waals surface area contributed by atoms with Gasteiger partial charge in [-0.15, -0.1) is 11.3 Å². The average Bonchev–Trinajstić information content (AvgIpc) is 2.75. The first-order valence-electron chi connectivity index (χ1n) is 6.51. The van der Waals surface area contributed by atoms with E-state index in [9.17, 15) is 4.79 Å². The van der Waals surface area contributed by atoms with Gasteiger partial charge in [-0.1, -0.05) is 38.0 Å². The second kappa shape index (κ2) is 4.93. The van der Waals surface area contributed by atoms with Gasteiger partial charge in [0.2, 0.25) is 5.78 Å². The highest BCUT2D eigenvalue weighted by atomic mass is 32.1. The molecule has 100 valence electrons. The van der Waals surface area contributed by atoms with Crippen molar-refractivity contribution >= 4 is 17.1 Å². The molecule has 0 aliphatic rings. The van der Waals surface area contributed by atoms with Crippen LogP contribution in [0.1, 0.15) is 52.0 Å². The Labute approximate surface area is 119 Å². The Bertz CT molecular complexity index is 594. The first kappa shape index (κ1) is 14.0. The van der Waals surface area contributed by atoms with E-state index in [1.54, 1.807) is 11.3 Å². The van der Waals surface area contributed by atoms with E-state index in [0.29, 0.717) is 0 Å². The van der Waals surface area contributed by atoms with Crippen molar-refractivity contribution < 1.29 is 4.79 Å². The summed E-state index contributed by atoms with van der Waals surface area (Å²) in [5.41, 5.74) is 3.16. The number of carbonyl (C=O) groups is 1. The molecule has 2 rings (SSSR count). The summed E-state index contributed by atoms with van der Waals surface area (Å²) < 4.78 is 0. The van der Waals surface area contributed by atoms with Crippen molar-refractivity contribution in [3.05, 3.63) is 56.8 Å². The molecule has 0 saturated carbocycles. The van der Waals surface area contributed by atoms with Crippen molar-refractivity contribution in [1.29, 1.82) is 0 Å². The minimum absolute atomic E-state index is 0.103. The maximum absolute atomic E-state index is 12.5. The lowest BCUT2D eigenvalue weighted by Gasteiger charge is -2.15. The molecule has 2 heteroatoms. The van der Waals surface area contributed by atoms with Crippen molar-refractivity contribution in [2.75, 3.05) is 0 Å². The predicted octanol–water partition coefficient (Wildman–Crippen LogP) is 4.89. The van der Waals surface area contributed by atoms with Crippen LogP contribution in [-0.4, -0.2) is 5.78 Å². The Balaban J connectivity index is 2.36. The fourth-order valence-corrected chi connectivity index (χ4v) is 3.14. The Morgan fingerprint density at radius 2 is 1.58 bits per heavy atom. The van der Waals surface area contributed by atoms with Crippen LogP contribution >= 0.6 is 11.3 Å². The molecule has 0 radical (unpaired) electrons. The van der Waals surface area contributed by atoms with E-state index in [1.807, 2.05) is 32.0 Å². The molecule has 19 heavy (non-hydrogen) atoms. The Kier molecular flexibility index (Phi) is 3.64. The number of carbonyl (C=O) groups excluding carboxylic acids is 1. The molecule has 2 aromatic rings. The molecule has 0 bridgehead atoms. The Morgan fingerprint density at radius 1 is 1.00 bits per heavy atom. The van der Waals surface area contributed by atoms with E-state index in [4.69, 9.17) is 0 Å². The summed E-state index contributed by atoms with van der Waals surface area (Å²) in [6, 6.07) is 10.0. The SMILES string of the molecule is Cc1cc(C)cc(C(=O)c2ccc(C(C)(C)C)s2)c1. The largest absolute Gasteiger partial charge is 0.288 e. The molecule has 0 unspecified atom stereocenters. The molecule has 0 spiro atoms. The van der Waals surface area contributed by atoms with Crippen LogP contribution in [0.5, 0.6) is 0 Å². The molecule has 0 aliphatic carbocycles. The highest BCUT2D eigenvalue weighted by Crippen LogP contribution is 2.30. The molecule has 0 N–H and O–H groups in total. The summed E-state index contributed by atoms with van der Waals surface area (Å²) in [5, 5.41) is 0. The van der Waals surface area contributed by atoms with Gasteiger partial charge in [0, 0.05) is 10.4 Å². The second-order valence-electron chi connectivity index (χ2n) is 6.12. The highest BCUT2D eigenvalue weighted by molar-refractivity contribution is 7.14. The Morgan fingerprint density at radius 3 is 2.05 bits per heavy atom. The topological polar surface area (TPSA) is 17.1 Å². The van der Waals surface area contributed by atoms with Crippen LogP contribution in [0.3, 0.4) is 0 Å². The number of hydrogen-bond acceptors (Lipinski definition) is 2. The van der Waals surface area contributed by atoms with Gasteiger partial charge >= 0.3 is 0 Å². The van der Waals surface area contributed by atoms with Gasteiger partial charge in [-0.25, -0.2) is 0 Å². The average molecular weight is 272 g/mol. The van der Waals surface area contributed by atoms with Crippen LogP contribution in [0.4, 0.5) is 0 Å². The summed E-state index contributed by atoms with van der Waals surface area (Å²) >= 11 is 1.60. The van der Waals surface area contributed by atoms with E-state index < -0.39 is 0 Å². The van der Waals surface area contributed by atoms with E-state index in [2.05, 4.69) is 32.9 Å². The molecule has 1 heterocycles. The zero-order valence-corrected chi connectivity index (χ0v) is 13.0. The molecular weight excluding hydrogens is 252 g/mol. The minimum Gasteiger partial charge on any atom is -0.288 e. The van der Waals surface area contributed by atoms with Crippen LogP contribution in [0.25, 0.3) is 0 Å². The first-order chi connectivity index (χ1) is 8.77. The minimum atomic E-state index is 0.103. The third kappa shape index (κ3) is 3.13. The lowest BCUT2D eigenvalue weighted by molar-refractivity contribution is 0.104. The lowest BCUT2D eigenvalue weighted by Crippen LogP contribution is -2.08. The number of ketones is 1. The van der Waals surface area contributed by atoms with Gasteiger partial charge in [0.15, 0.2) is 0 Å². The second-order valence-corrected chi connectivity index (χ2v) is 7.20. The summed E-state index contributed by atoms with van der Waals surface area (Å²) in [7, 11) is 0. The molecule has 0 aliphatic heterocycles. The van der Waals surface area contributed by atoms with Gasteiger partial charge < -0.3 is 0 Å². The van der Waals surface area contributed by atoms with Crippen LogP contribution in [0, 0.1) is 13.8 Å². The fraction of sp³-hybridized carbons (Fsp3) is 0.353. The van der Waals surface area contributed by atoms with Crippen molar-refractivity contribution in [3.63, 3.8) is 0 Å². The highest BCUT2D eigenvalue weighted by Gasteiger charge is 2.19. The number of aryl methyl sites for hydroxylation is 2. The predicted molar refractivity (Wildman–Crippen MR) is 82.4 cm³/mol. The molecule has 1 aromatic carbocycles. The number of benzene rings is 1. The van der Waals surface area contributed by atoms with E-state index >= 15 is 0 Å². The van der Waals surface area contributed by atoms with E-state index in [1.165, 1.54) is 4.88 Å². The Hall–Kier alpha value is -1.41. The molecule has 0 fully saturated rings. The number of thiophene rings is 1. The summed E-state index contributed by atoms with van der Waals surface area (Å²) in [6.07, 6.45) is 0. The molecular formula is C17H20OS. The van der Waals surface area contributed by atoms with Crippen molar-refractivity contribution in [1.82, 2.24) is 0 Å². The quantitative estimate of drug-likeness (QED) is 0.711. The maximum Gasteiger partial charge on any atom is 0.202 e. The fourth-order valence-electron chi connectivity index (χ4n) is 2.11. The van der Waals surface area contributed by atoms with E-state index in [-0.39, 0.29) is 11.2 Å². The lowest BCUT2D eigenvalue weighted by atomic mass is 9.95. The van der Waals surface area contributed by atoms with Gasteiger partial charge in [-0.3, -0.25) is 4.79 Å². The van der Waals surface area contributed by atoms with E-state index in [0.717, 1.165) is 21.6 Å². The maximum atomic E-state index is 12.5. The molecule has 0 amide bonds.